The van der Waals surface area contributed by atoms with E-state index >= 15 is 0 Å². The van der Waals surface area contributed by atoms with Gasteiger partial charge in [0.15, 0.2) is 10.9 Å². The summed E-state index contributed by atoms with van der Waals surface area (Å²) in [7, 11) is 0. The van der Waals surface area contributed by atoms with Gasteiger partial charge >= 0.3 is 0 Å². The molecule has 2 aromatic heterocycles. The second-order valence-electron chi connectivity index (χ2n) is 5.61. The number of hydrogen-bond acceptors (Lipinski definition) is 4. The van der Waals surface area contributed by atoms with Gasteiger partial charge in [-0.2, -0.15) is 0 Å². The number of hydrogen-bond donors (Lipinski definition) is 1. The Balaban J connectivity index is 1.94. The summed E-state index contributed by atoms with van der Waals surface area (Å²) in [6.07, 6.45) is 3.78. The van der Waals surface area contributed by atoms with E-state index in [1.807, 2.05) is 12.1 Å². The number of fused-ring (bicyclic) bond motifs is 1. The number of anilines is 1. The van der Waals surface area contributed by atoms with Crippen LogP contribution in [0.3, 0.4) is 0 Å². The van der Waals surface area contributed by atoms with E-state index in [0.29, 0.717) is 16.8 Å². The van der Waals surface area contributed by atoms with Crippen molar-refractivity contribution in [1.82, 2.24) is 9.97 Å². The first-order valence-corrected chi connectivity index (χ1v) is 7.10. The lowest BCUT2D eigenvalue weighted by molar-refractivity contribution is 0.460. The van der Waals surface area contributed by atoms with Gasteiger partial charge in [0.2, 0.25) is 5.88 Å². The second-order valence-corrected chi connectivity index (χ2v) is 5.97. The number of pyridine rings is 2. The fraction of sp³-hybridized carbons (Fsp3) is 0.250. The van der Waals surface area contributed by atoms with E-state index in [1.54, 1.807) is 18.3 Å². The highest BCUT2D eigenvalue weighted by atomic mass is 35.5. The Morgan fingerprint density at radius 2 is 2.05 bits per heavy atom. The van der Waals surface area contributed by atoms with Crippen molar-refractivity contribution in [2.45, 2.75) is 26.3 Å². The van der Waals surface area contributed by atoms with Crippen molar-refractivity contribution in [2.75, 3.05) is 5.32 Å². The zero-order valence-electron chi connectivity index (χ0n) is 12.1. The third kappa shape index (κ3) is 2.85. The summed E-state index contributed by atoms with van der Waals surface area (Å²) in [4.78, 5) is 8.54. The summed E-state index contributed by atoms with van der Waals surface area (Å²) in [5.74, 6) is 0.996. The van der Waals surface area contributed by atoms with Crippen LogP contribution >= 0.6 is 11.6 Å². The monoisotopic (exact) mass is 301 g/mol. The average molecular weight is 302 g/mol. The van der Waals surface area contributed by atoms with Gasteiger partial charge in [0.05, 0.1) is 16.9 Å². The molecule has 1 aliphatic rings. The SMILES string of the molecule is CC1=CC(C)(C)Nc2ccc(Oc3cccnc3Cl)nc21. The van der Waals surface area contributed by atoms with Crippen LogP contribution in [0.5, 0.6) is 11.6 Å². The van der Waals surface area contributed by atoms with Crippen molar-refractivity contribution < 1.29 is 4.74 Å². The predicted molar refractivity (Wildman–Crippen MR) is 84.9 cm³/mol. The van der Waals surface area contributed by atoms with Crippen LogP contribution in [0.15, 0.2) is 36.5 Å². The Labute approximate surface area is 128 Å². The van der Waals surface area contributed by atoms with Gasteiger partial charge in [-0.3, -0.25) is 0 Å². The van der Waals surface area contributed by atoms with Gasteiger partial charge in [-0.05, 0) is 44.5 Å². The molecular formula is C16H16ClN3O. The lowest BCUT2D eigenvalue weighted by Gasteiger charge is -2.30. The average Bonchev–Trinajstić information content (AvgIpc) is 2.41. The lowest BCUT2D eigenvalue weighted by atomic mass is 9.94. The molecule has 0 bridgehead atoms. The summed E-state index contributed by atoms with van der Waals surface area (Å²) in [6, 6.07) is 7.33. The van der Waals surface area contributed by atoms with Crippen LogP contribution < -0.4 is 10.1 Å². The standard InChI is InChI=1S/C16H16ClN3O/c1-10-9-16(2,3)20-11-6-7-13(19-14(10)11)21-12-5-4-8-18-15(12)17/h4-9,20H,1-3H3. The van der Waals surface area contributed by atoms with Crippen molar-refractivity contribution in [3.63, 3.8) is 0 Å². The molecule has 0 aliphatic carbocycles. The van der Waals surface area contributed by atoms with E-state index in [1.165, 1.54) is 0 Å². The van der Waals surface area contributed by atoms with Crippen LogP contribution in [0.1, 0.15) is 26.5 Å². The molecule has 4 nitrogen and oxygen atoms in total. The Bertz CT molecular complexity index is 725. The molecule has 0 saturated heterocycles. The van der Waals surface area contributed by atoms with Gasteiger partial charge in [0, 0.05) is 12.3 Å². The maximum atomic E-state index is 6.00. The van der Waals surface area contributed by atoms with Crippen molar-refractivity contribution >= 4 is 22.9 Å². The fourth-order valence-electron chi connectivity index (χ4n) is 2.45. The minimum atomic E-state index is -0.0756. The number of aromatic nitrogens is 2. The number of allylic oxidation sites excluding steroid dienone is 1. The molecule has 2 aromatic rings. The minimum absolute atomic E-state index is 0.0756. The molecule has 0 aromatic carbocycles. The zero-order valence-corrected chi connectivity index (χ0v) is 12.9. The van der Waals surface area contributed by atoms with Crippen molar-refractivity contribution in [1.29, 1.82) is 0 Å². The normalized spacial score (nSPS) is 15.7. The highest BCUT2D eigenvalue weighted by Gasteiger charge is 2.23. The van der Waals surface area contributed by atoms with Crippen molar-refractivity contribution in [3.8, 4) is 11.6 Å². The molecule has 0 spiro atoms. The molecule has 0 saturated carbocycles. The smallest absolute Gasteiger partial charge is 0.220 e. The van der Waals surface area contributed by atoms with Gasteiger partial charge in [0.1, 0.15) is 0 Å². The number of ether oxygens (including phenoxy) is 1. The summed E-state index contributed by atoms with van der Waals surface area (Å²) in [5.41, 5.74) is 2.95. The third-order valence-electron chi connectivity index (χ3n) is 3.22. The van der Waals surface area contributed by atoms with Crippen molar-refractivity contribution in [3.05, 3.63) is 47.4 Å². The Hall–Kier alpha value is -2.07. The van der Waals surface area contributed by atoms with Crippen molar-refractivity contribution in [2.24, 2.45) is 0 Å². The highest BCUT2D eigenvalue weighted by molar-refractivity contribution is 6.30. The van der Waals surface area contributed by atoms with Gasteiger partial charge < -0.3 is 10.1 Å². The molecule has 3 rings (SSSR count). The summed E-state index contributed by atoms with van der Waals surface area (Å²) in [6.45, 7) is 6.30. The van der Waals surface area contributed by atoms with Gasteiger partial charge in [-0.1, -0.05) is 17.7 Å². The van der Waals surface area contributed by atoms with Crippen LogP contribution in [0.2, 0.25) is 5.15 Å². The highest BCUT2D eigenvalue weighted by Crippen LogP contribution is 2.34. The number of nitrogens with one attached hydrogen (secondary N) is 1. The molecule has 5 heteroatoms. The van der Waals surface area contributed by atoms with Gasteiger partial charge in [-0.25, -0.2) is 9.97 Å². The molecule has 0 amide bonds. The predicted octanol–water partition coefficient (Wildman–Crippen LogP) is 4.53. The lowest BCUT2D eigenvalue weighted by Crippen LogP contribution is -2.31. The molecule has 108 valence electrons. The number of rotatable bonds is 2. The Morgan fingerprint density at radius 3 is 2.81 bits per heavy atom. The first-order valence-electron chi connectivity index (χ1n) is 6.72. The summed E-state index contributed by atoms with van der Waals surface area (Å²) in [5, 5.41) is 3.76. The maximum Gasteiger partial charge on any atom is 0.220 e. The first-order chi connectivity index (χ1) is 9.94. The van der Waals surface area contributed by atoms with E-state index in [9.17, 15) is 0 Å². The van der Waals surface area contributed by atoms with E-state index < -0.39 is 0 Å². The van der Waals surface area contributed by atoms with Crippen LogP contribution in [0.25, 0.3) is 5.57 Å². The minimum Gasteiger partial charge on any atom is -0.436 e. The van der Waals surface area contributed by atoms with Crippen LogP contribution in [-0.4, -0.2) is 15.5 Å². The maximum absolute atomic E-state index is 6.00. The first kappa shape index (κ1) is 13.9. The van der Waals surface area contributed by atoms with Crippen LogP contribution in [0.4, 0.5) is 5.69 Å². The number of halogens is 1. The molecule has 0 fully saturated rings. The molecule has 1 N–H and O–H groups in total. The molecule has 3 heterocycles. The van der Waals surface area contributed by atoms with Gasteiger partial charge in [0.25, 0.3) is 0 Å². The van der Waals surface area contributed by atoms with Gasteiger partial charge in [-0.15, -0.1) is 0 Å². The largest absolute Gasteiger partial charge is 0.436 e. The molecule has 0 radical (unpaired) electrons. The molecular weight excluding hydrogens is 286 g/mol. The van der Waals surface area contributed by atoms with E-state index in [-0.39, 0.29) is 5.54 Å². The van der Waals surface area contributed by atoms with Crippen LogP contribution in [-0.2, 0) is 0 Å². The summed E-state index contributed by atoms with van der Waals surface area (Å²) >= 11 is 6.00. The fourth-order valence-corrected chi connectivity index (χ4v) is 2.61. The third-order valence-corrected chi connectivity index (χ3v) is 3.50. The van der Waals surface area contributed by atoms with E-state index in [4.69, 9.17) is 16.3 Å². The van der Waals surface area contributed by atoms with Crippen LogP contribution in [0, 0.1) is 0 Å². The van der Waals surface area contributed by atoms with E-state index in [0.717, 1.165) is 17.0 Å². The van der Waals surface area contributed by atoms with E-state index in [2.05, 4.69) is 42.1 Å². The molecule has 1 aliphatic heterocycles. The Kier molecular flexibility index (Phi) is 3.33. The molecule has 0 unspecified atom stereocenters. The second kappa shape index (κ2) is 5.04. The summed E-state index contributed by atoms with van der Waals surface area (Å²) < 4.78 is 5.71. The Morgan fingerprint density at radius 1 is 1.24 bits per heavy atom. The molecule has 21 heavy (non-hydrogen) atoms. The zero-order chi connectivity index (χ0) is 15.0. The topological polar surface area (TPSA) is 47.0 Å². The molecule has 0 atom stereocenters. The number of nitrogens with zero attached hydrogens (tertiary/aromatic N) is 2. The quantitative estimate of drug-likeness (QED) is 0.828.